The molecule has 9 heteroatoms. The van der Waals surface area contributed by atoms with E-state index >= 15 is 0 Å². The topological polar surface area (TPSA) is 101 Å². The monoisotopic (exact) mass is 393 g/mol. The summed E-state index contributed by atoms with van der Waals surface area (Å²) in [4.78, 5) is 35.1. The molecule has 7 nitrogen and oxygen atoms in total. The summed E-state index contributed by atoms with van der Waals surface area (Å²) in [5, 5.41) is 5.97. The number of thiazole rings is 1. The van der Waals surface area contributed by atoms with E-state index in [1.165, 1.54) is 17.5 Å². The third kappa shape index (κ3) is 4.57. The second kappa shape index (κ2) is 8.57. The first-order chi connectivity index (χ1) is 12.6. The highest BCUT2D eigenvalue weighted by Gasteiger charge is 2.28. The summed E-state index contributed by atoms with van der Waals surface area (Å²) < 4.78 is 0. The van der Waals surface area contributed by atoms with Gasteiger partial charge in [0.15, 0.2) is 0 Å². The lowest BCUT2D eigenvalue weighted by Crippen LogP contribution is -2.41. The summed E-state index contributed by atoms with van der Waals surface area (Å²) >= 11 is 7.24. The van der Waals surface area contributed by atoms with Gasteiger partial charge in [0.1, 0.15) is 11.5 Å². The Kier molecular flexibility index (Phi) is 6.18. The summed E-state index contributed by atoms with van der Waals surface area (Å²) in [7, 11) is 0. The Morgan fingerprint density at radius 3 is 2.77 bits per heavy atom. The van der Waals surface area contributed by atoms with Crippen molar-refractivity contribution in [3.05, 3.63) is 39.4 Å². The van der Waals surface area contributed by atoms with E-state index in [1.807, 2.05) is 0 Å². The normalized spacial score (nSPS) is 15.1. The van der Waals surface area contributed by atoms with E-state index in [-0.39, 0.29) is 17.7 Å². The lowest BCUT2D eigenvalue weighted by Gasteiger charge is -2.30. The van der Waals surface area contributed by atoms with Gasteiger partial charge in [-0.05, 0) is 31.5 Å². The number of halogens is 1. The zero-order valence-electron chi connectivity index (χ0n) is 14.2. The molecule has 1 aliphatic rings. The number of amides is 2. The summed E-state index contributed by atoms with van der Waals surface area (Å²) in [5.41, 5.74) is 5.98. The summed E-state index contributed by atoms with van der Waals surface area (Å²) in [6, 6.07) is 3.35. The van der Waals surface area contributed by atoms with E-state index in [0.29, 0.717) is 55.4 Å². The first-order valence-electron chi connectivity index (χ1n) is 8.43. The fourth-order valence-electron chi connectivity index (χ4n) is 2.83. The van der Waals surface area contributed by atoms with Crippen LogP contribution >= 0.6 is 22.9 Å². The van der Waals surface area contributed by atoms with Crippen LogP contribution in [0.25, 0.3) is 0 Å². The van der Waals surface area contributed by atoms with E-state index in [9.17, 15) is 9.59 Å². The molecule has 0 radical (unpaired) electrons. The van der Waals surface area contributed by atoms with Crippen LogP contribution in [0.1, 0.15) is 28.3 Å². The number of hydrogen-bond donors (Lipinski definition) is 2. The first-order valence-corrected chi connectivity index (χ1v) is 9.68. The summed E-state index contributed by atoms with van der Waals surface area (Å²) in [5.74, 6) is 0.182. The number of piperidine rings is 1. The highest BCUT2D eigenvalue weighted by Crippen LogP contribution is 2.21. The van der Waals surface area contributed by atoms with Gasteiger partial charge in [-0.3, -0.25) is 9.59 Å². The zero-order valence-corrected chi connectivity index (χ0v) is 15.7. The maximum atomic E-state index is 12.5. The van der Waals surface area contributed by atoms with Crippen molar-refractivity contribution in [2.45, 2.75) is 19.3 Å². The maximum Gasteiger partial charge on any atom is 0.273 e. The number of anilines is 1. The molecule has 1 aliphatic heterocycles. The van der Waals surface area contributed by atoms with Gasteiger partial charge in [-0.2, -0.15) is 0 Å². The van der Waals surface area contributed by atoms with E-state index < -0.39 is 0 Å². The van der Waals surface area contributed by atoms with Crippen molar-refractivity contribution in [2.75, 3.05) is 25.0 Å². The van der Waals surface area contributed by atoms with Gasteiger partial charge in [0.25, 0.3) is 5.91 Å². The Morgan fingerprint density at radius 2 is 2.12 bits per heavy atom. The molecule has 3 N–H and O–H groups in total. The van der Waals surface area contributed by atoms with Crippen LogP contribution in [0.15, 0.2) is 23.7 Å². The molecule has 2 aromatic heterocycles. The van der Waals surface area contributed by atoms with Gasteiger partial charge < -0.3 is 16.0 Å². The molecule has 0 saturated carbocycles. The number of rotatable bonds is 5. The maximum absolute atomic E-state index is 12.5. The number of carbonyl (C=O) groups excluding carboxylic acids is 2. The fraction of sp³-hybridized carbons (Fsp3) is 0.412. The lowest BCUT2D eigenvalue weighted by atomic mass is 9.95. The highest BCUT2D eigenvalue weighted by molar-refractivity contribution is 7.09. The summed E-state index contributed by atoms with van der Waals surface area (Å²) in [6.07, 6.45) is 3.40. The van der Waals surface area contributed by atoms with E-state index in [4.69, 9.17) is 17.3 Å². The van der Waals surface area contributed by atoms with Gasteiger partial charge in [-0.15, -0.1) is 11.3 Å². The minimum absolute atomic E-state index is 0.0780. The van der Waals surface area contributed by atoms with Gasteiger partial charge in [-0.25, -0.2) is 9.97 Å². The van der Waals surface area contributed by atoms with Crippen LogP contribution < -0.4 is 11.1 Å². The largest absolute Gasteiger partial charge is 0.337 e. The predicted molar refractivity (Wildman–Crippen MR) is 101 cm³/mol. The average Bonchev–Trinajstić information content (AvgIpc) is 3.12. The molecule has 0 aliphatic carbocycles. The SMILES string of the molecule is NCCc1nc(C(=O)N2CCC(C(=O)Nc3ccc(Cl)cn3)CC2)cs1. The average molecular weight is 394 g/mol. The van der Waals surface area contributed by atoms with Crippen molar-refractivity contribution in [1.29, 1.82) is 0 Å². The van der Waals surface area contributed by atoms with Gasteiger partial charge in [0, 0.05) is 37.0 Å². The molecular weight excluding hydrogens is 374 g/mol. The van der Waals surface area contributed by atoms with Crippen LogP contribution in [0.2, 0.25) is 5.02 Å². The molecule has 0 unspecified atom stereocenters. The molecule has 0 bridgehead atoms. The minimum Gasteiger partial charge on any atom is -0.337 e. The second-order valence-corrected chi connectivity index (χ2v) is 7.46. The number of pyridine rings is 1. The van der Waals surface area contributed by atoms with Crippen LogP contribution in [-0.2, 0) is 11.2 Å². The van der Waals surface area contributed by atoms with Crippen LogP contribution in [0.5, 0.6) is 0 Å². The molecular formula is C17H20ClN5O2S. The highest BCUT2D eigenvalue weighted by atomic mass is 35.5. The third-order valence-electron chi connectivity index (χ3n) is 4.26. The zero-order chi connectivity index (χ0) is 18.5. The molecule has 138 valence electrons. The smallest absolute Gasteiger partial charge is 0.273 e. The molecule has 26 heavy (non-hydrogen) atoms. The van der Waals surface area contributed by atoms with E-state index in [1.54, 1.807) is 22.4 Å². The van der Waals surface area contributed by atoms with Crippen molar-refractivity contribution in [2.24, 2.45) is 11.7 Å². The Labute approximate surface area is 160 Å². The third-order valence-corrected chi connectivity index (χ3v) is 5.39. The fourth-order valence-corrected chi connectivity index (χ4v) is 3.73. The molecule has 3 heterocycles. The molecule has 0 aromatic carbocycles. The molecule has 0 atom stereocenters. The number of likely N-dealkylation sites (tertiary alicyclic amines) is 1. The quantitative estimate of drug-likeness (QED) is 0.810. The second-order valence-electron chi connectivity index (χ2n) is 6.08. The number of nitrogens with zero attached hydrogens (tertiary/aromatic N) is 3. The number of hydrogen-bond acceptors (Lipinski definition) is 6. The Bertz CT molecular complexity index is 772. The number of aromatic nitrogens is 2. The van der Waals surface area contributed by atoms with Crippen molar-refractivity contribution in [3.63, 3.8) is 0 Å². The van der Waals surface area contributed by atoms with Crippen LogP contribution in [-0.4, -0.2) is 46.3 Å². The standard InChI is InChI=1S/C17H20ClN5O2S/c18-12-1-2-14(20-9-12)22-16(24)11-4-7-23(8-5-11)17(25)13-10-26-15(21-13)3-6-19/h1-2,9-11H,3-8,19H2,(H,20,22,24). The van der Waals surface area contributed by atoms with Crippen molar-refractivity contribution in [3.8, 4) is 0 Å². The van der Waals surface area contributed by atoms with Crippen molar-refractivity contribution in [1.82, 2.24) is 14.9 Å². The van der Waals surface area contributed by atoms with E-state index in [0.717, 1.165) is 5.01 Å². The van der Waals surface area contributed by atoms with Crippen LogP contribution in [0, 0.1) is 5.92 Å². The van der Waals surface area contributed by atoms with Crippen LogP contribution in [0.4, 0.5) is 5.82 Å². The minimum atomic E-state index is -0.139. The first kappa shape index (κ1) is 18.8. The van der Waals surface area contributed by atoms with Gasteiger partial charge in [0.2, 0.25) is 5.91 Å². The van der Waals surface area contributed by atoms with Gasteiger partial charge in [0.05, 0.1) is 10.0 Å². The molecule has 0 spiro atoms. The Balaban J connectivity index is 1.52. The predicted octanol–water partition coefficient (Wildman–Crippen LogP) is 2.18. The Morgan fingerprint density at radius 1 is 1.35 bits per heavy atom. The lowest BCUT2D eigenvalue weighted by molar-refractivity contribution is -0.121. The van der Waals surface area contributed by atoms with Gasteiger partial charge in [-0.1, -0.05) is 11.6 Å². The van der Waals surface area contributed by atoms with Crippen molar-refractivity contribution < 1.29 is 9.59 Å². The number of carbonyl (C=O) groups is 2. The summed E-state index contributed by atoms with van der Waals surface area (Å²) in [6.45, 7) is 1.59. The molecule has 2 amide bonds. The molecule has 1 saturated heterocycles. The van der Waals surface area contributed by atoms with E-state index in [2.05, 4.69) is 15.3 Å². The number of nitrogens with one attached hydrogen (secondary N) is 1. The Hall–Kier alpha value is -2.03. The number of nitrogens with two attached hydrogens (primary N) is 1. The molecule has 3 rings (SSSR count). The van der Waals surface area contributed by atoms with Crippen LogP contribution in [0.3, 0.4) is 0 Å². The van der Waals surface area contributed by atoms with Gasteiger partial charge >= 0.3 is 0 Å². The molecule has 2 aromatic rings. The van der Waals surface area contributed by atoms with Crippen molar-refractivity contribution >= 4 is 40.6 Å². The molecule has 1 fully saturated rings.